The van der Waals surface area contributed by atoms with E-state index in [2.05, 4.69) is 77.5 Å². The minimum absolute atomic E-state index is 0.0351. The van der Waals surface area contributed by atoms with Crippen LogP contribution in [0.1, 0.15) is 69.8 Å². The van der Waals surface area contributed by atoms with Crippen molar-refractivity contribution in [1.82, 2.24) is 9.72 Å². The summed E-state index contributed by atoms with van der Waals surface area (Å²) >= 11 is 0. The van der Waals surface area contributed by atoms with E-state index in [9.17, 15) is 0 Å². The molecule has 2 heterocycles. The summed E-state index contributed by atoms with van der Waals surface area (Å²) in [7, 11) is 2.12. The van der Waals surface area contributed by atoms with Crippen LogP contribution in [0.2, 0.25) is 0 Å². The van der Waals surface area contributed by atoms with Gasteiger partial charge < -0.3 is 9.09 Å². The van der Waals surface area contributed by atoms with Gasteiger partial charge in [-0.05, 0) is 30.4 Å². The van der Waals surface area contributed by atoms with Crippen molar-refractivity contribution in [2.75, 3.05) is 0 Å². The molecule has 2 rings (SSSR count). The Morgan fingerprint density at radius 1 is 1.05 bits per heavy atom. The third-order valence-electron chi connectivity index (χ3n) is 4.33. The Bertz CT molecular complexity index is 648. The van der Waals surface area contributed by atoms with Gasteiger partial charge in [-0.15, -0.1) is 0 Å². The van der Waals surface area contributed by atoms with E-state index in [4.69, 9.17) is 4.52 Å². The zero-order chi connectivity index (χ0) is 16.7. The van der Waals surface area contributed by atoms with Crippen LogP contribution in [0.3, 0.4) is 0 Å². The summed E-state index contributed by atoms with van der Waals surface area (Å²) in [5.41, 5.74) is 5.30. The average molecular weight is 302 g/mol. The van der Waals surface area contributed by atoms with Gasteiger partial charge in [0.25, 0.3) is 0 Å². The highest BCUT2D eigenvalue weighted by Gasteiger charge is 2.24. The van der Waals surface area contributed by atoms with Gasteiger partial charge >= 0.3 is 0 Å². The Morgan fingerprint density at radius 2 is 1.68 bits per heavy atom. The number of aromatic nitrogens is 2. The van der Waals surface area contributed by atoms with E-state index < -0.39 is 0 Å². The minimum Gasteiger partial charge on any atom is -0.361 e. The number of hydrogen-bond acceptors (Lipinski definition) is 2. The Kier molecular flexibility index (Phi) is 4.29. The highest BCUT2D eigenvalue weighted by Crippen LogP contribution is 2.29. The molecule has 2 aromatic rings. The molecule has 0 bridgehead atoms. The second kappa shape index (κ2) is 5.60. The van der Waals surface area contributed by atoms with E-state index in [-0.39, 0.29) is 10.8 Å². The number of rotatable bonds is 3. The zero-order valence-corrected chi connectivity index (χ0v) is 15.4. The third-order valence-corrected chi connectivity index (χ3v) is 4.33. The molecule has 22 heavy (non-hydrogen) atoms. The van der Waals surface area contributed by atoms with Crippen molar-refractivity contribution in [3.63, 3.8) is 0 Å². The Hall–Kier alpha value is -1.51. The molecule has 0 aliphatic rings. The fourth-order valence-corrected chi connectivity index (χ4v) is 3.09. The van der Waals surface area contributed by atoms with Crippen molar-refractivity contribution in [2.45, 2.75) is 72.1 Å². The predicted molar refractivity (Wildman–Crippen MR) is 91.5 cm³/mol. The molecule has 0 atom stereocenters. The molecule has 0 saturated carbocycles. The Labute approximate surface area is 134 Å². The first-order valence-corrected chi connectivity index (χ1v) is 8.12. The molecule has 0 aromatic carbocycles. The molecule has 0 amide bonds. The van der Waals surface area contributed by atoms with Crippen molar-refractivity contribution in [3.8, 4) is 0 Å². The van der Waals surface area contributed by atoms with Gasteiger partial charge in [-0.1, -0.05) is 46.7 Å². The maximum absolute atomic E-state index is 5.63. The lowest BCUT2D eigenvalue weighted by Gasteiger charge is -2.20. The van der Waals surface area contributed by atoms with Crippen LogP contribution in [0.15, 0.2) is 16.8 Å². The molecule has 0 aliphatic carbocycles. The van der Waals surface area contributed by atoms with Gasteiger partial charge in [0.1, 0.15) is 5.76 Å². The molecule has 0 saturated heterocycles. The van der Waals surface area contributed by atoms with Crippen LogP contribution in [0.25, 0.3) is 0 Å². The molecule has 122 valence electrons. The maximum atomic E-state index is 5.63. The summed E-state index contributed by atoms with van der Waals surface area (Å²) in [5, 5.41) is 4.30. The Balaban J connectivity index is 2.22. The number of hydrogen-bond donors (Lipinski definition) is 0. The molecule has 3 heteroatoms. The molecular weight excluding hydrogens is 272 g/mol. The number of aryl methyl sites for hydroxylation is 2. The monoisotopic (exact) mass is 302 g/mol. The molecule has 0 fully saturated rings. The van der Waals surface area contributed by atoms with Gasteiger partial charge in [-0.2, -0.15) is 0 Å². The summed E-state index contributed by atoms with van der Waals surface area (Å²) in [6, 6.07) is 2.24. The summed E-state index contributed by atoms with van der Waals surface area (Å²) in [6.45, 7) is 15.5. The van der Waals surface area contributed by atoms with Gasteiger partial charge in [0.2, 0.25) is 0 Å². The summed E-state index contributed by atoms with van der Waals surface area (Å²) < 4.78 is 7.86. The van der Waals surface area contributed by atoms with E-state index in [0.717, 1.165) is 24.3 Å². The number of nitrogens with zero attached hydrogens (tertiary/aromatic N) is 2. The lowest BCUT2D eigenvalue weighted by atomic mass is 9.85. The smallest absolute Gasteiger partial charge is 0.140 e. The molecule has 2 aromatic heterocycles. The van der Waals surface area contributed by atoms with E-state index >= 15 is 0 Å². The van der Waals surface area contributed by atoms with Crippen LogP contribution in [-0.4, -0.2) is 9.72 Å². The second-order valence-electron chi connectivity index (χ2n) is 8.37. The van der Waals surface area contributed by atoms with E-state index in [0.29, 0.717) is 0 Å². The lowest BCUT2D eigenvalue weighted by molar-refractivity contribution is 0.363. The first kappa shape index (κ1) is 16.9. The van der Waals surface area contributed by atoms with Crippen LogP contribution < -0.4 is 0 Å². The van der Waals surface area contributed by atoms with Crippen LogP contribution in [0.4, 0.5) is 0 Å². The summed E-state index contributed by atoms with van der Waals surface area (Å²) in [5.74, 6) is 1.02. The van der Waals surface area contributed by atoms with Gasteiger partial charge in [-0.3, -0.25) is 0 Å². The maximum Gasteiger partial charge on any atom is 0.140 e. The highest BCUT2D eigenvalue weighted by atomic mass is 16.5. The topological polar surface area (TPSA) is 31.0 Å². The SMILES string of the molecule is Cc1c(C(C)(C)C)noc1CCc1c(C(C)(C)C)ccn1C. The second-order valence-corrected chi connectivity index (χ2v) is 8.37. The van der Waals surface area contributed by atoms with E-state index in [1.54, 1.807) is 0 Å². The van der Waals surface area contributed by atoms with E-state index in [1.165, 1.54) is 16.8 Å². The predicted octanol–water partition coefficient (Wildman–Crippen LogP) is 4.70. The summed E-state index contributed by atoms with van der Waals surface area (Å²) in [4.78, 5) is 0. The Morgan fingerprint density at radius 3 is 2.18 bits per heavy atom. The zero-order valence-electron chi connectivity index (χ0n) is 15.4. The third kappa shape index (κ3) is 3.29. The first-order chi connectivity index (χ1) is 10.0. The van der Waals surface area contributed by atoms with Gasteiger partial charge in [0, 0.05) is 36.3 Å². The first-order valence-electron chi connectivity index (χ1n) is 8.12. The molecule has 0 unspecified atom stereocenters. The molecular formula is C19H30N2O. The molecule has 0 N–H and O–H groups in total. The summed E-state index contributed by atoms with van der Waals surface area (Å²) in [6.07, 6.45) is 4.04. The fraction of sp³-hybridized carbons (Fsp3) is 0.632. The van der Waals surface area contributed by atoms with Crippen molar-refractivity contribution in [1.29, 1.82) is 0 Å². The fourth-order valence-electron chi connectivity index (χ4n) is 3.09. The van der Waals surface area contributed by atoms with Crippen molar-refractivity contribution >= 4 is 0 Å². The van der Waals surface area contributed by atoms with Gasteiger partial charge in [-0.25, -0.2) is 0 Å². The van der Waals surface area contributed by atoms with Crippen LogP contribution in [-0.2, 0) is 30.7 Å². The normalized spacial score (nSPS) is 12.9. The van der Waals surface area contributed by atoms with Crippen molar-refractivity contribution < 1.29 is 4.52 Å². The molecule has 0 spiro atoms. The van der Waals surface area contributed by atoms with E-state index in [1.807, 2.05) is 0 Å². The quantitative estimate of drug-likeness (QED) is 0.822. The van der Waals surface area contributed by atoms with Crippen LogP contribution in [0.5, 0.6) is 0 Å². The van der Waals surface area contributed by atoms with Crippen LogP contribution in [0, 0.1) is 6.92 Å². The molecule has 0 radical (unpaired) electrons. The largest absolute Gasteiger partial charge is 0.361 e. The highest BCUT2D eigenvalue weighted by molar-refractivity contribution is 5.31. The lowest BCUT2D eigenvalue weighted by Crippen LogP contribution is -2.15. The standard InChI is InChI=1S/C19H30N2O/c1-13-16(22-20-17(13)19(5,6)7)10-9-15-14(18(2,3)4)11-12-21(15)8/h11-12H,9-10H2,1-8H3. The van der Waals surface area contributed by atoms with Crippen molar-refractivity contribution in [2.24, 2.45) is 7.05 Å². The molecule has 0 aliphatic heterocycles. The van der Waals surface area contributed by atoms with Crippen molar-refractivity contribution in [3.05, 3.63) is 40.5 Å². The molecule has 3 nitrogen and oxygen atoms in total. The van der Waals surface area contributed by atoms with Gasteiger partial charge in [0.15, 0.2) is 0 Å². The average Bonchev–Trinajstić information content (AvgIpc) is 2.89. The van der Waals surface area contributed by atoms with Crippen LogP contribution >= 0.6 is 0 Å². The minimum atomic E-state index is 0.0351. The van der Waals surface area contributed by atoms with Gasteiger partial charge in [0.05, 0.1) is 5.69 Å².